The first-order chi connectivity index (χ1) is 13.8. The molecule has 1 fully saturated rings. The maximum absolute atomic E-state index is 12.6. The number of rotatable bonds is 7. The van der Waals surface area contributed by atoms with Crippen LogP contribution in [0.2, 0.25) is 5.02 Å². The molecular weight excluding hydrogens is 498 g/mol. The van der Waals surface area contributed by atoms with E-state index in [1.165, 1.54) is 4.90 Å². The SMILES string of the molecule is O=C([O-])CCN1C(=O)C(=Cc2cc(Br)ccc2OCc2ccccc2Cl)SC1=S. The summed E-state index contributed by atoms with van der Waals surface area (Å²) in [5, 5.41) is 11.3. The Kier molecular flexibility index (Phi) is 7.34. The van der Waals surface area contributed by atoms with Crippen LogP contribution in [0.3, 0.4) is 0 Å². The highest BCUT2D eigenvalue weighted by atomic mass is 79.9. The normalized spacial score (nSPS) is 15.2. The summed E-state index contributed by atoms with van der Waals surface area (Å²) >= 11 is 15.9. The van der Waals surface area contributed by atoms with Gasteiger partial charge in [0, 0.05) is 39.6 Å². The van der Waals surface area contributed by atoms with E-state index in [9.17, 15) is 14.7 Å². The number of aliphatic carboxylic acids is 1. The second kappa shape index (κ2) is 9.75. The largest absolute Gasteiger partial charge is 0.550 e. The quantitative estimate of drug-likeness (QED) is 0.413. The van der Waals surface area contributed by atoms with Gasteiger partial charge in [0.25, 0.3) is 5.91 Å². The number of amides is 1. The molecule has 0 saturated carbocycles. The number of carboxylic acid groups (broad SMARTS) is 1. The number of nitrogens with zero attached hydrogens (tertiary/aromatic N) is 1. The van der Waals surface area contributed by atoms with E-state index in [1.807, 2.05) is 30.3 Å². The van der Waals surface area contributed by atoms with Gasteiger partial charge in [-0.1, -0.05) is 69.7 Å². The van der Waals surface area contributed by atoms with Crippen LogP contribution in [0.5, 0.6) is 5.75 Å². The topological polar surface area (TPSA) is 69.7 Å². The van der Waals surface area contributed by atoms with Gasteiger partial charge in [0.05, 0.1) is 4.91 Å². The fourth-order valence-corrected chi connectivity index (χ4v) is 4.44. The van der Waals surface area contributed by atoms with Crippen LogP contribution in [0.15, 0.2) is 51.8 Å². The molecule has 1 saturated heterocycles. The lowest BCUT2D eigenvalue weighted by molar-refractivity contribution is -0.305. The summed E-state index contributed by atoms with van der Waals surface area (Å²) < 4.78 is 7.07. The minimum absolute atomic E-state index is 0.0152. The van der Waals surface area contributed by atoms with Crippen LogP contribution in [0, 0.1) is 0 Å². The highest BCUT2D eigenvalue weighted by molar-refractivity contribution is 9.10. The van der Waals surface area contributed by atoms with Gasteiger partial charge in [-0.2, -0.15) is 0 Å². The summed E-state index contributed by atoms with van der Waals surface area (Å²) in [4.78, 5) is 25.0. The van der Waals surface area contributed by atoms with Crippen LogP contribution in [0.1, 0.15) is 17.5 Å². The van der Waals surface area contributed by atoms with Gasteiger partial charge in [0.15, 0.2) is 0 Å². The van der Waals surface area contributed by atoms with Crippen molar-refractivity contribution in [3.05, 3.63) is 68.0 Å². The van der Waals surface area contributed by atoms with Gasteiger partial charge in [-0.3, -0.25) is 9.69 Å². The molecule has 0 aliphatic carbocycles. The van der Waals surface area contributed by atoms with Crippen molar-refractivity contribution in [2.24, 2.45) is 0 Å². The Balaban J connectivity index is 1.82. The molecule has 2 aromatic carbocycles. The lowest BCUT2D eigenvalue weighted by Gasteiger charge is -2.14. The number of hydrogen-bond acceptors (Lipinski definition) is 6. The van der Waals surface area contributed by atoms with Gasteiger partial charge in [-0.05, 0) is 30.3 Å². The zero-order valence-electron chi connectivity index (χ0n) is 14.9. The Bertz CT molecular complexity index is 1010. The highest BCUT2D eigenvalue weighted by Gasteiger charge is 2.31. The van der Waals surface area contributed by atoms with Crippen molar-refractivity contribution < 1.29 is 19.4 Å². The molecule has 1 aliphatic heterocycles. The number of carboxylic acids is 1. The molecule has 0 atom stereocenters. The number of benzene rings is 2. The minimum atomic E-state index is -1.23. The standard InChI is InChI=1S/C20H15BrClNO4S2/c21-14-5-6-16(27-11-12-3-1-2-4-15(12)22)13(9-14)10-17-19(26)23(20(28)29-17)8-7-18(24)25/h1-6,9-10H,7-8,11H2,(H,24,25)/p-1. The maximum Gasteiger partial charge on any atom is 0.266 e. The third-order valence-corrected chi connectivity index (χ3v) is 6.25. The zero-order valence-corrected chi connectivity index (χ0v) is 18.9. The van der Waals surface area contributed by atoms with Crippen LogP contribution < -0.4 is 9.84 Å². The molecule has 1 heterocycles. The van der Waals surface area contributed by atoms with Gasteiger partial charge in [-0.15, -0.1) is 0 Å². The van der Waals surface area contributed by atoms with Crippen LogP contribution in [0.25, 0.3) is 6.08 Å². The van der Waals surface area contributed by atoms with Gasteiger partial charge in [0.1, 0.15) is 16.7 Å². The minimum Gasteiger partial charge on any atom is -0.550 e. The van der Waals surface area contributed by atoms with Crippen LogP contribution in [-0.2, 0) is 16.2 Å². The summed E-state index contributed by atoms with van der Waals surface area (Å²) in [7, 11) is 0. The Hall–Kier alpha value is -1.87. The number of hydrogen-bond donors (Lipinski definition) is 0. The Labute approximate surface area is 190 Å². The van der Waals surface area contributed by atoms with E-state index >= 15 is 0 Å². The summed E-state index contributed by atoms with van der Waals surface area (Å²) in [6.07, 6.45) is 1.41. The number of thioether (sulfide) groups is 1. The molecule has 3 rings (SSSR count). The van der Waals surface area contributed by atoms with Crippen LogP contribution in [0.4, 0.5) is 0 Å². The van der Waals surface area contributed by atoms with Crippen LogP contribution in [-0.4, -0.2) is 27.6 Å². The van der Waals surface area contributed by atoms with Crippen molar-refractivity contribution in [2.45, 2.75) is 13.0 Å². The van der Waals surface area contributed by atoms with Gasteiger partial charge in [-0.25, -0.2) is 0 Å². The fraction of sp³-hybridized carbons (Fsp3) is 0.150. The smallest absolute Gasteiger partial charge is 0.266 e. The molecule has 29 heavy (non-hydrogen) atoms. The predicted octanol–water partition coefficient (Wildman–Crippen LogP) is 4.02. The summed E-state index contributed by atoms with van der Waals surface area (Å²) in [5.74, 6) is -0.989. The first kappa shape index (κ1) is 21.8. The third-order valence-electron chi connectivity index (χ3n) is 4.01. The number of carbonyl (C=O) groups is 2. The average Bonchev–Trinajstić information content (AvgIpc) is 2.93. The molecule has 0 aromatic heterocycles. The Morgan fingerprint density at radius 2 is 2.07 bits per heavy atom. The van der Waals surface area contributed by atoms with Gasteiger partial charge in [0.2, 0.25) is 0 Å². The summed E-state index contributed by atoms with van der Waals surface area (Å²) in [6.45, 7) is 0.257. The molecule has 0 unspecified atom stereocenters. The lowest BCUT2D eigenvalue weighted by atomic mass is 10.1. The lowest BCUT2D eigenvalue weighted by Crippen LogP contribution is -2.33. The van der Waals surface area contributed by atoms with Crippen molar-refractivity contribution in [3.63, 3.8) is 0 Å². The molecule has 9 heteroatoms. The van der Waals surface area contributed by atoms with Gasteiger partial charge >= 0.3 is 0 Å². The van der Waals surface area contributed by atoms with Crippen molar-refractivity contribution in [3.8, 4) is 5.75 Å². The number of ether oxygens (including phenoxy) is 1. The second-order valence-corrected chi connectivity index (χ2v) is 9.02. The van der Waals surface area contributed by atoms with E-state index in [0.717, 1.165) is 21.8 Å². The first-order valence-corrected chi connectivity index (χ1v) is 10.9. The average molecular weight is 512 g/mol. The third kappa shape index (κ3) is 5.60. The van der Waals surface area contributed by atoms with Crippen molar-refractivity contribution >= 4 is 73.8 Å². The molecule has 5 nitrogen and oxygen atoms in total. The number of halogens is 2. The van der Waals surface area contributed by atoms with Crippen molar-refractivity contribution in [2.75, 3.05) is 6.54 Å². The Morgan fingerprint density at radius 3 is 2.79 bits per heavy atom. The van der Waals surface area contributed by atoms with E-state index < -0.39 is 5.97 Å². The maximum atomic E-state index is 12.6. The van der Waals surface area contributed by atoms with E-state index in [1.54, 1.807) is 18.2 Å². The van der Waals surface area contributed by atoms with Gasteiger partial charge < -0.3 is 14.6 Å². The fourth-order valence-electron chi connectivity index (χ4n) is 2.57. The van der Waals surface area contributed by atoms with E-state index in [2.05, 4.69) is 15.9 Å². The highest BCUT2D eigenvalue weighted by Crippen LogP contribution is 2.35. The van der Waals surface area contributed by atoms with Crippen molar-refractivity contribution in [1.29, 1.82) is 0 Å². The molecule has 1 aliphatic rings. The zero-order chi connectivity index (χ0) is 21.0. The molecular formula is C20H14BrClNO4S2-. The predicted molar refractivity (Wildman–Crippen MR) is 119 cm³/mol. The number of thiocarbonyl (C=S) groups is 1. The van der Waals surface area contributed by atoms with Crippen molar-refractivity contribution in [1.82, 2.24) is 4.90 Å². The molecule has 150 valence electrons. The molecule has 2 aromatic rings. The number of carbonyl (C=O) groups excluding carboxylic acids is 2. The molecule has 1 amide bonds. The second-order valence-electron chi connectivity index (χ2n) is 6.02. The van der Waals surface area contributed by atoms with E-state index in [0.29, 0.717) is 25.6 Å². The Morgan fingerprint density at radius 1 is 1.31 bits per heavy atom. The molecule has 0 N–H and O–H groups in total. The van der Waals surface area contributed by atoms with E-state index in [4.69, 9.17) is 28.6 Å². The molecule has 0 radical (unpaired) electrons. The summed E-state index contributed by atoms with van der Waals surface area (Å²) in [5.41, 5.74) is 1.53. The molecule has 0 bridgehead atoms. The van der Waals surface area contributed by atoms with E-state index in [-0.39, 0.29) is 25.5 Å². The summed E-state index contributed by atoms with van der Waals surface area (Å²) in [6, 6.07) is 12.9. The monoisotopic (exact) mass is 510 g/mol. The molecule has 0 spiro atoms. The van der Waals surface area contributed by atoms with Crippen LogP contribution >= 0.6 is 51.5 Å². The first-order valence-electron chi connectivity index (χ1n) is 8.46.